The zero-order valence-corrected chi connectivity index (χ0v) is 13.4. The Kier molecular flexibility index (Phi) is 6.10. The molecule has 0 radical (unpaired) electrons. The highest BCUT2D eigenvalue weighted by Crippen LogP contribution is 2.27. The van der Waals surface area contributed by atoms with E-state index < -0.39 is 0 Å². The van der Waals surface area contributed by atoms with E-state index in [0.717, 1.165) is 10.6 Å². The molecule has 0 aliphatic heterocycles. The van der Waals surface area contributed by atoms with Gasteiger partial charge in [-0.3, -0.25) is 4.79 Å². The molecule has 2 rings (SSSR count). The second kappa shape index (κ2) is 8.29. The van der Waals surface area contributed by atoms with Crippen LogP contribution < -0.4 is 10.1 Å². The highest BCUT2D eigenvalue weighted by Gasteiger charge is 2.13. The highest BCUT2D eigenvalue weighted by atomic mass is 32.2. The number of carbonyl (C=O) groups excluding carboxylic acids is 1. The van der Waals surface area contributed by atoms with E-state index in [1.165, 1.54) is 0 Å². The van der Waals surface area contributed by atoms with Crippen LogP contribution in [0.3, 0.4) is 0 Å². The maximum atomic E-state index is 12.5. The van der Waals surface area contributed by atoms with Gasteiger partial charge >= 0.3 is 0 Å². The van der Waals surface area contributed by atoms with Gasteiger partial charge in [0.25, 0.3) is 5.91 Å². The summed E-state index contributed by atoms with van der Waals surface area (Å²) in [5.74, 6) is 1.30. The lowest BCUT2D eigenvalue weighted by molar-refractivity contribution is 0.102. The Morgan fingerprint density at radius 2 is 1.95 bits per heavy atom. The first-order valence-corrected chi connectivity index (χ1v) is 8.10. The summed E-state index contributed by atoms with van der Waals surface area (Å²) in [5, 5.41) is 2.93. The lowest BCUT2D eigenvalue weighted by Gasteiger charge is -2.12. The number of rotatable bonds is 7. The third kappa shape index (κ3) is 4.15. The Labute approximate surface area is 135 Å². The molecule has 22 heavy (non-hydrogen) atoms. The molecule has 1 amide bonds. The van der Waals surface area contributed by atoms with Crippen LogP contribution in [0.2, 0.25) is 0 Å². The summed E-state index contributed by atoms with van der Waals surface area (Å²) in [5.41, 5.74) is 1.33. The molecule has 114 valence electrons. The van der Waals surface area contributed by atoms with Crippen LogP contribution in [-0.2, 0) is 0 Å². The Hall–Kier alpha value is -2.20. The van der Waals surface area contributed by atoms with Gasteiger partial charge in [0.05, 0.1) is 17.9 Å². The highest BCUT2D eigenvalue weighted by molar-refractivity contribution is 7.99. The third-order valence-corrected chi connectivity index (χ3v) is 3.99. The minimum atomic E-state index is -0.140. The zero-order valence-electron chi connectivity index (χ0n) is 12.5. The number of amides is 1. The maximum Gasteiger partial charge on any atom is 0.256 e. The Bertz CT molecular complexity index is 655. The lowest BCUT2D eigenvalue weighted by Crippen LogP contribution is -2.14. The van der Waals surface area contributed by atoms with Crippen molar-refractivity contribution >= 4 is 23.4 Å². The zero-order chi connectivity index (χ0) is 15.8. The van der Waals surface area contributed by atoms with Crippen molar-refractivity contribution < 1.29 is 9.53 Å². The molecule has 0 spiro atoms. The Balaban J connectivity index is 2.21. The number of benzene rings is 2. The number of hydrogen-bond donors (Lipinski definition) is 1. The molecule has 1 N–H and O–H groups in total. The third-order valence-electron chi connectivity index (χ3n) is 2.92. The van der Waals surface area contributed by atoms with Crippen LogP contribution in [0, 0.1) is 0 Å². The molecule has 3 nitrogen and oxygen atoms in total. The molecule has 0 unspecified atom stereocenters. The second-order valence-corrected chi connectivity index (χ2v) is 5.54. The SMILES string of the molecule is C=CCSc1ccccc1C(=O)Nc1ccccc1OCC. The van der Waals surface area contributed by atoms with Crippen LogP contribution in [0.25, 0.3) is 0 Å². The lowest BCUT2D eigenvalue weighted by atomic mass is 10.2. The van der Waals surface area contributed by atoms with Crippen LogP contribution in [0.4, 0.5) is 5.69 Å². The van der Waals surface area contributed by atoms with E-state index in [9.17, 15) is 4.79 Å². The molecule has 0 aromatic heterocycles. The number of anilines is 1. The van der Waals surface area contributed by atoms with Gasteiger partial charge in [-0.25, -0.2) is 0 Å². The van der Waals surface area contributed by atoms with E-state index in [-0.39, 0.29) is 5.91 Å². The van der Waals surface area contributed by atoms with Gasteiger partial charge in [0.1, 0.15) is 5.75 Å². The van der Waals surface area contributed by atoms with Gasteiger partial charge in [-0.2, -0.15) is 0 Å². The number of carbonyl (C=O) groups is 1. The van der Waals surface area contributed by atoms with E-state index >= 15 is 0 Å². The monoisotopic (exact) mass is 313 g/mol. The smallest absolute Gasteiger partial charge is 0.256 e. The van der Waals surface area contributed by atoms with Crippen LogP contribution in [0.15, 0.2) is 66.1 Å². The molecule has 0 saturated heterocycles. The topological polar surface area (TPSA) is 38.3 Å². The summed E-state index contributed by atoms with van der Waals surface area (Å²) in [4.78, 5) is 13.5. The molecule has 0 heterocycles. The Morgan fingerprint density at radius 1 is 1.23 bits per heavy atom. The van der Waals surface area contributed by atoms with E-state index in [0.29, 0.717) is 23.6 Å². The molecule has 0 aliphatic carbocycles. The molecule has 2 aromatic rings. The molecule has 0 saturated carbocycles. The van der Waals surface area contributed by atoms with Crippen molar-refractivity contribution in [3.63, 3.8) is 0 Å². The number of para-hydroxylation sites is 2. The standard InChI is InChI=1S/C18H19NO2S/c1-3-13-22-17-12-8-5-9-14(17)18(20)19-15-10-6-7-11-16(15)21-4-2/h3,5-12H,1,4,13H2,2H3,(H,19,20). The summed E-state index contributed by atoms with van der Waals surface area (Å²) >= 11 is 1.59. The minimum Gasteiger partial charge on any atom is -0.492 e. The van der Waals surface area contributed by atoms with E-state index in [4.69, 9.17) is 4.74 Å². The molecule has 2 aromatic carbocycles. The molecular formula is C18H19NO2S. The maximum absolute atomic E-state index is 12.5. The van der Waals surface area contributed by atoms with Crippen molar-refractivity contribution in [2.45, 2.75) is 11.8 Å². The molecule has 0 atom stereocenters. The van der Waals surface area contributed by atoms with Crippen molar-refractivity contribution in [2.75, 3.05) is 17.7 Å². The summed E-state index contributed by atoms with van der Waals surface area (Å²) in [6.07, 6.45) is 1.82. The number of nitrogens with one attached hydrogen (secondary N) is 1. The fourth-order valence-electron chi connectivity index (χ4n) is 1.97. The number of thioether (sulfide) groups is 1. The average molecular weight is 313 g/mol. The van der Waals surface area contributed by atoms with Crippen molar-refractivity contribution in [3.8, 4) is 5.75 Å². The normalized spacial score (nSPS) is 10.0. The summed E-state index contributed by atoms with van der Waals surface area (Å²) in [7, 11) is 0. The predicted molar refractivity (Wildman–Crippen MR) is 92.9 cm³/mol. The molecule has 0 aliphatic rings. The van der Waals surface area contributed by atoms with Crippen molar-refractivity contribution in [1.29, 1.82) is 0 Å². The fourth-order valence-corrected chi connectivity index (χ4v) is 2.76. The van der Waals surface area contributed by atoms with Crippen LogP contribution in [0.5, 0.6) is 5.75 Å². The molecule has 4 heteroatoms. The van der Waals surface area contributed by atoms with Crippen molar-refractivity contribution in [2.24, 2.45) is 0 Å². The summed E-state index contributed by atoms with van der Waals surface area (Å²) in [6.45, 7) is 6.18. The summed E-state index contributed by atoms with van der Waals surface area (Å²) < 4.78 is 5.54. The van der Waals surface area contributed by atoms with Gasteiger partial charge in [-0.15, -0.1) is 18.3 Å². The largest absolute Gasteiger partial charge is 0.492 e. The Morgan fingerprint density at radius 3 is 2.73 bits per heavy atom. The number of ether oxygens (including phenoxy) is 1. The molecule has 0 fully saturated rings. The van der Waals surface area contributed by atoms with Crippen LogP contribution in [0.1, 0.15) is 17.3 Å². The van der Waals surface area contributed by atoms with E-state index in [2.05, 4.69) is 11.9 Å². The van der Waals surface area contributed by atoms with E-state index in [1.807, 2.05) is 61.5 Å². The van der Waals surface area contributed by atoms with Crippen molar-refractivity contribution in [3.05, 3.63) is 66.7 Å². The second-order valence-electron chi connectivity index (χ2n) is 4.48. The first kappa shape index (κ1) is 16.2. The minimum absolute atomic E-state index is 0.140. The first-order chi connectivity index (χ1) is 10.8. The predicted octanol–water partition coefficient (Wildman–Crippen LogP) is 4.62. The summed E-state index contributed by atoms with van der Waals surface area (Å²) in [6, 6.07) is 15.0. The van der Waals surface area contributed by atoms with Crippen molar-refractivity contribution in [1.82, 2.24) is 0 Å². The van der Waals surface area contributed by atoms with Gasteiger partial charge in [0, 0.05) is 10.6 Å². The van der Waals surface area contributed by atoms with E-state index in [1.54, 1.807) is 11.8 Å². The van der Waals surface area contributed by atoms with Crippen LogP contribution in [-0.4, -0.2) is 18.3 Å². The quantitative estimate of drug-likeness (QED) is 0.599. The first-order valence-electron chi connectivity index (χ1n) is 7.12. The van der Waals surface area contributed by atoms with Gasteiger partial charge in [0.2, 0.25) is 0 Å². The van der Waals surface area contributed by atoms with Gasteiger partial charge in [-0.1, -0.05) is 30.3 Å². The molecule has 0 bridgehead atoms. The molecular weight excluding hydrogens is 294 g/mol. The van der Waals surface area contributed by atoms with Gasteiger partial charge < -0.3 is 10.1 Å². The number of hydrogen-bond acceptors (Lipinski definition) is 3. The fraction of sp³-hybridized carbons (Fsp3) is 0.167. The van der Waals surface area contributed by atoms with Gasteiger partial charge in [0.15, 0.2) is 0 Å². The average Bonchev–Trinajstić information content (AvgIpc) is 2.55. The van der Waals surface area contributed by atoms with Gasteiger partial charge in [-0.05, 0) is 31.2 Å². The van der Waals surface area contributed by atoms with Crippen LogP contribution >= 0.6 is 11.8 Å².